The third kappa shape index (κ3) is 5.53. The standard InChI is InChI=1S/C60H39N3/c1-2-15-40(16-3-1)41-29-33-45(34-30-41)61-55-25-10-7-22-50(55)52-38-43(31-35-59(52)61)42-17-14-18-46(37-42)62-56-26-11-8-23-51(56)53-39-44(32-36-60(53)62)47-19-4-9-24-54(47)63-57-27-12-5-20-48(57)49-21-6-13-28-58(49)63/h1-39H. The van der Waals surface area contributed by atoms with Gasteiger partial charge < -0.3 is 13.7 Å². The highest BCUT2D eigenvalue weighted by molar-refractivity contribution is 6.13. The van der Waals surface area contributed by atoms with Gasteiger partial charge in [-0.25, -0.2) is 0 Å². The summed E-state index contributed by atoms with van der Waals surface area (Å²) < 4.78 is 7.25. The molecule has 0 aliphatic heterocycles. The van der Waals surface area contributed by atoms with Gasteiger partial charge in [0.15, 0.2) is 0 Å². The van der Waals surface area contributed by atoms with E-state index >= 15 is 0 Å². The number of hydrogen-bond acceptors (Lipinski definition) is 0. The van der Waals surface area contributed by atoms with Gasteiger partial charge >= 0.3 is 0 Å². The Morgan fingerprint density at radius 1 is 0.206 bits per heavy atom. The van der Waals surface area contributed by atoms with Crippen LogP contribution in [-0.2, 0) is 0 Å². The van der Waals surface area contributed by atoms with E-state index in [9.17, 15) is 0 Å². The average molecular weight is 802 g/mol. The number of rotatable bonds is 6. The lowest BCUT2D eigenvalue weighted by atomic mass is 10.0. The fourth-order valence-electron chi connectivity index (χ4n) is 10.2. The monoisotopic (exact) mass is 801 g/mol. The van der Waals surface area contributed by atoms with Gasteiger partial charge in [0, 0.05) is 49.3 Å². The van der Waals surface area contributed by atoms with Crippen molar-refractivity contribution >= 4 is 65.4 Å². The molecule has 0 fully saturated rings. The fourth-order valence-corrected chi connectivity index (χ4v) is 10.2. The average Bonchev–Trinajstić information content (AvgIpc) is 4.00. The lowest BCUT2D eigenvalue weighted by Gasteiger charge is -2.14. The van der Waals surface area contributed by atoms with Gasteiger partial charge in [0.25, 0.3) is 0 Å². The minimum absolute atomic E-state index is 1.14. The second kappa shape index (κ2) is 14.1. The molecule has 13 aromatic rings. The van der Waals surface area contributed by atoms with Crippen LogP contribution in [0.4, 0.5) is 0 Å². The first-order chi connectivity index (χ1) is 31.3. The minimum Gasteiger partial charge on any atom is -0.309 e. The molecule has 0 spiro atoms. The molecule has 0 atom stereocenters. The lowest BCUT2D eigenvalue weighted by Crippen LogP contribution is -1.97. The third-order valence-electron chi connectivity index (χ3n) is 13.1. The Kier molecular flexibility index (Phi) is 7.91. The van der Waals surface area contributed by atoms with Crippen molar-refractivity contribution in [3.63, 3.8) is 0 Å². The predicted octanol–water partition coefficient (Wildman–Crippen LogP) is 16.0. The van der Waals surface area contributed by atoms with Crippen LogP contribution < -0.4 is 0 Å². The van der Waals surface area contributed by atoms with Crippen LogP contribution in [0.5, 0.6) is 0 Å². The van der Waals surface area contributed by atoms with Crippen molar-refractivity contribution in [1.82, 2.24) is 13.7 Å². The van der Waals surface area contributed by atoms with Gasteiger partial charge in [0.05, 0.1) is 38.8 Å². The van der Waals surface area contributed by atoms with Crippen molar-refractivity contribution in [2.75, 3.05) is 0 Å². The third-order valence-corrected chi connectivity index (χ3v) is 13.1. The van der Waals surface area contributed by atoms with Crippen LogP contribution in [0.25, 0.3) is 116 Å². The van der Waals surface area contributed by atoms with Gasteiger partial charge in [-0.15, -0.1) is 0 Å². The zero-order valence-corrected chi connectivity index (χ0v) is 34.4. The van der Waals surface area contributed by atoms with Crippen molar-refractivity contribution < 1.29 is 0 Å². The first-order valence-corrected chi connectivity index (χ1v) is 21.7. The van der Waals surface area contributed by atoms with Crippen LogP contribution >= 0.6 is 0 Å². The lowest BCUT2D eigenvalue weighted by molar-refractivity contribution is 1.18. The highest BCUT2D eigenvalue weighted by atomic mass is 15.0. The van der Waals surface area contributed by atoms with Crippen LogP contribution in [0.1, 0.15) is 0 Å². The van der Waals surface area contributed by atoms with Crippen molar-refractivity contribution in [3.05, 3.63) is 237 Å². The van der Waals surface area contributed by atoms with E-state index in [0.29, 0.717) is 0 Å². The summed E-state index contributed by atoms with van der Waals surface area (Å²) in [5, 5.41) is 7.49. The van der Waals surface area contributed by atoms with Gasteiger partial charge in [-0.05, 0) is 107 Å². The van der Waals surface area contributed by atoms with E-state index in [0.717, 1.165) is 11.4 Å². The molecule has 0 bridgehead atoms. The molecular formula is C60H39N3. The summed E-state index contributed by atoms with van der Waals surface area (Å²) in [6.07, 6.45) is 0. The number of benzene rings is 10. The summed E-state index contributed by atoms with van der Waals surface area (Å²) in [7, 11) is 0. The van der Waals surface area contributed by atoms with E-state index in [1.165, 1.54) is 104 Å². The maximum atomic E-state index is 2.43. The Hall–Kier alpha value is -8.40. The van der Waals surface area contributed by atoms with Crippen LogP contribution in [0.2, 0.25) is 0 Å². The molecule has 0 saturated heterocycles. The molecule has 0 saturated carbocycles. The maximum Gasteiger partial charge on any atom is 0.0541 e. The summed E-state index contributed by atoms with van der Waals surface area (Å²) in [4.78, 5) is 0. The molecule has 10 aromatic carbocycles. The Bertz CT molecular complexity index is 3850. The van der Waals surface area contributed by atoms with Gasteiger partial charge in [-0.2, -0.15) is 0 Å². The molecule has 63 heavy (non-hydrogen) atoms. The fraction of sp³-hybridized carbons (Fsp3) is 0. The van der Waals surface area contributed by atoms with E-state index in [4.69, 9.17) is 0 Å². The molecule has 0 aliphatic carbocycles. The smallest absolute Gasteiger partial charge is 0.0541 e. The normalized spacial score (nSPS) is 11.8. The van der Waals surface area contributed by atoms with E-state index in [1.807, 2.05) is 0 Å². The first-order valence-electron chi connectivity index (χ1n) is 21.7. The van der Waals surface area contributed by atoms with Crippen LogP contribution in [0, 0.1) is 0 Å². The molecule has 13 rings (SSSR count). The summed E-state index contributed by atoms with van der Waals surface area (Å²) in [5.41, 5.74) is 17.9. The topological polar surface area (TPSA) is 14.8 Å². The molecule has 3 aromatic heterocycles. The highest BCUT2D eigenvalue weighted by Crippen LogP contribution is 2.41. The van der Waals surface area contributed by atoms with Crippen LogP contribution in [-0.4, -0.2) is 13.7 Å². The van der Waals surface area contributed by atoms with Crippen molar-refractivity contribution in [3.8, 4) is 50.4 Å². The molecular weight excluding hydrogens is 763 g/mol. The molecule has 0 aliphatic rings. The molecule has 0 unspecified atom stereocenters. The second-order valence-corrected chi connectivity index (χ2v) is 16.5. The van der Waals surface area contributed by atoms with Crippen LogP contribution in [0.3, 0.4) is 0 Å². The number of hydrogen-bond donors (Lipinski definition) is 0. The maximum absolute atomic E-state index is 2.43. The SMILES string of the molecule is c1ccc(-c2ccc(-n3c4ccccc4c4cc(-c5cccc(-n6c7ccccc7c7cc(-c8ccccc8-n8c9ccccc9c9ccccc98)ccc76)c5)ccc43)cc2)cc1. The van der Waals surface area contributed by atoms with Gasteiger partial charge in [-0.3, -0.25) is 0 Å². The van der Waals surface area contributed by atoms with Gasteiger partial charge in [0.1, 0.15) is 0 Å². The Morgan fingerprint density at radius 3 is 1.25 bits per heavy atom. The largest absolute Gasteiger partial charge is 0.309 e. The Balaban J connectivity index is 0.922. The van der Waals surface area contributed by atoms with Crippen molar-refractivity contribution in [1.29, 1.82) is 0 Å². The zero-order chi connectivity index (χ0) is 41.4. The molecule has 294 valence electrons. The quantitative estimate of drug-likeness (QED) is 0.159. The Labute approximate surface area is 364 Å². The summed E-state index contributed by atoms with van der Waals surface area (Å²) in [6.45, 7) is 0. The first kappa shape index (κ1) is 35.4. The molecule has 3 heterocycles. The number of aromatic nitrogens is 3. The molecule has 0 radical (unpaired) electrons. The number of para-hydroxylation sites is 5. The number of fused-ring (bicyclic) bond motifs is 9. The van der Waals surface area contributed by atoms with Gasteiger partial charge in [0.2, 0.25) is 0 Å². The number of nitrogens with zero attached hydrogens (tertiary/aromatic N) is 3. The minimum atomic E-state index is 1.14. The molecule has 0 amide bonds. The summed E-state index contributed by atoms with van der Waals surface area (Å²) in [5.74, 6) is 0. The zero-order valence-electron chi connectivity index (χ0n) is 34.4. The van der Waals surface area contributed by atoms with Crippen molar-refractivity contribution in [2.45, 2.75) is 0 Å². The van der Waals surface area contributed by atoms with E-state index in [2.05, 4.69) is 250 Å². The molecule has 0 N–H and O–H groups in total. The van der Waals surface area contributed by atoms with Crippen LogP contribution in [0.15, 0.2) is 237 Å². The highest BCUT2D eigenvalue weighted by Gasteiger charge is 2.19. The van der Waals surface area contributed by atoms with Crippen molar-refractivity contribution in [2.24, 2.45) is 0 Å². The van der Waals surface area contributed by atoms with E-state index in [-0.39, 0.29) is 0 Å². The molecule has 3 heteroatoms. The Morgan fingerprint density at radius 2 is 0.619 bits per heavy atom. The van der Waals surface area contributed by atoms with Gasteiger partial charge in [-0.1, -0.05) is 158 Å². The molecule has 3 nitrogen and oxygen atoms in total. The summed E-state index contributed by atoms with van der Waals surface area (Å²) in [6, 6.07) is 86.4. The summed E-state index contributed by atoms with van der Waals surface area (Å²) >= 11 is 0. The predicted molar refractivity (Wildman–Crippen MR) is 266 cm³/mol. The second-order valence-electron chi connectivity index (χ2n) is 16.5. The van der Waals surface area contributed by atoms with E-state index in [1.54, 1.807) is 0 Å². The van der Waals surface area contributed by atoms with E-state index < -0.39 is 0 Å².